The van der Waals surface area contributed by atoms with E-state index in [0.717, 1.165) is 37.2 Å². The van der Waals surface area contributed by atoms with Crippen LogP contribution in [0.4, 0.5) is 13.2 Å². The highest BCUT2D eigenvalue weighted by molar-refractivity contribution is 5.91. The molecule has 3 N–H and O–H groups in total. The molecule has 1 aliphatic rings. The fourth-order valence-electron chi connectivity index (χ4n) is 2.94. The second-order valence-corrected chi connectivity index (χ2v) is 7.91. The monoisotopic (exact) mass is 453 g/mol. The van der Waals surface area contributed by atoms with Crippen molar-refractivity contribution in [1.82, 2.24) is 19.9 Å². The lowest BCUT2D eigenvalue weighted by Gasteiger charge is -2.31. The standard InChI is InChI=1S/C19H25N5O.C2HF3O2/c1-19(2,20)17-14-24(22-21-17)16-10-12-23(13-11-16)18(25)9-8-15-6-4-3-5-7-15;3-2(4,5)1(6)7/h3-9,14,16H,10-13,20H2,1-2H3;(H,6,7). The first-order valence-corrected chi connectivity index (χ1v) is 9.91. The van der Waals surface area contributed by atoms with Gasteiger partial charge in [0.1, 0.15) is 5.69 Å². The fraction of sp³-hybridized carbons (Fsp3) is 0.429. The highest BCUT2D eigenvalue weighted by Gasteiger charge is 2.38. The Morgan fingerprint density at radius 2 is 1.72 bits per heavy atom. The van der Waals surface area contributed by atoms with Gasteiger partial charge in [0.2, 0.25) is 5.91 Å². The zero-order valence-electron chi connectivity index (χ0n) is 17.8. The lowest BCUT2D eigenvalue weighted by atomic mass is 10.0. The number of halogens is 3. The summed E-state index contributed by atoms with van der Waals surface area (Å²) >= 11 is 0. The molecule has 1 fully saturated rings. The lowest BCUT2D eigenvalue weighted by molar-refractivity contribution is -0.192. The number of aromatic nitrogens is 3. The van der Waals surface area contributed by atoms with Crippen LogP contribution in [-0.2, 0) is 15.1 Å². The van der Waals surface area contributed by atoms with Crippen molar-refractivity contribution in [3.8, 4) is 0 Å². The fourth-order valence-corrected chi connectivity index (χ4v) is 2.94. The van der Waals surface area contributed by atoms with E-state index >= 15 is 0 Å². The predicted molar refractivity (Wildman–Crippen MR) is 111 cm³/mol. The van der Waals surface area contributed by atoms with Gasteiger partial charge in [-0.25, -0.2) is 9.48 Å². The molecule has 0 bridgehead atoms. The summed E-state index contributed by atoms with van der Waals surface area (Å²) in [5.41, 5.74) is 7.40. The third kappa shape index (κ3) is 7.49. The maximum atomic E-state index is 12.3. The number of nitrogens with zero attached hydrogens (tertiary/aromatic N) is 4. The van der Waals surface area contributed by atoms with Crippen LogP contribution in [0, 0.1) is 0 Å². The Morgan fingerprint density at radius 1 is 1.16 bits per heavy atom. The number of carboxylic acid groups (broad SMARTS) is 1. The molecule has 1 saturated heterocycles. The number of likely N-dealkylation sites (tertiary alicyclic amines) is 1. The third-order valence-corrected chi connectivity index (χ3v) is 4.78. The highest BCUT2D eigenvalue weighted by Crippen LogP contribution is 2.23. The third-order valence-electron chi connectivity index (χ3n) is 4.78. The number of benzene rings is 1. The number of carbonyl (C=O) groups excluding carboxylic acids is 1. The molecule has 0 spiro atoms. The van der Waals surface area contributed by atoms with Crippen LogP contribution in [0.1, 0.15) is 44.0 Å². The average Bonchev–Trinajstić information content (AvgIpc) is 3.23. The lowest BCUT2D eigenvalue weighted by Crippen LogP contribution is -2.38. The molecule has 2 aromatic rings. The number of alkyl halides is 3. The average molecular weight is 453 g/mol. The quantitative estimate of drug-likeness (QED) is 0.688. The molecule has 1 aromatic carbocycles. The molecule has 0 saturated carbocycles. The van der Waals surface area contributed by atoms with E-state index in [2.05, 4.69) is 10.3 Å². The molecule has 1 aromatic heterocycles. The highest BCUT2D eigenvalue weighted by atomic mass is 19.4. The molecule has 3 rings (SSSR count). The van der Waals surface area contributed by atoms with Gasteiger partial charge >= 0.3 is 12.1 Å². The van der Waals surface area contributed by atoms with Gasteiger partial charge in [-0.1, -0.05) is 35.5 Å². The SMILES string of the molecule is CC(C)(N)c1cn(C2CCN(C(=O)C=Cc3ccccc3)CC2)nn1.O=C(O)C(F)(F)F. The second-order valence-electron chi connectivity index (χ2n) is 7.91. The molecule has 32 heavy (non-hydrogen) atoms. The smallest absolute Gasteiger partial charge is 0.475 e. The molecular formula is C21H26F3N5O3. The van der Waals surface area contributed by atoms with Crippen molar-refractivity contribution >= 4 is 18.0 Å². The van der Waals surface area contributed by atoms with Crippen LogP contribution in [0.3, 0.4) is 0 Å². The first-order chi connectivity index (χ1) is 14.9. The molecule has 11 heteroatoms. The Labute approximate surface area is 183 Å². The van der Waals surface area contributed by atoms with Crippen LogP contribution < -0.4 is 5.73 Å². The van der Waals surface area contributed by atoms with Crippen LogP contribution in [0.5, 0.6) is 0 Å². The van der Waals surface area contributed by atoms with Gasteiger partial charge in [0.25, 0.3) is 0 Å². The first kappa shape index (κ1) is 25.1. The molecule has 1 amide bonds. The summed E-state index contributed by atoms with van der Waals surface area (Å²) < 4.78 is 33.6. The maximum Gasteiger partial charge on any atom is 0.490 e. The van der Waals surface area contributed by atoms with Gasteiger partial charge in [0.05, 0.1) is 17.8 Å². The van der Waals surface area contributed by atoms with Crippen molar-refractivity contribution in [2.45, 2.75) is 44.4 Å². The van der Waals surface area contributed by atoms with Gasteiger partial charge in [-0.2, -0.15) is 13.2 Å². The summed E-state index contributed by atoms with van der Waals surface area (Å²) in [6.07, 6.45) is 2.11. The normalized spacial score (nSPS) is 15.4. The summed E-state index contributed by atoms with van der Waals surface area (Å²) in [5.74, 6) is -2.70. The Kier molecular flexibility index (Phi) is 8.14. The van der Waals surface area contributed by atoms with Gasteiger partial charge in [0.15, 0.2) is 0 Å². The summed E-state index contributed by atoms with van der Waals surface area (Å²) in [6, 6.07) is 10.1. The first-order valence-electron chi connectivity index (χ1n) is 9.91. The van der Waals surface area contributed by atoms with E-state index < -0.39 is 17.7 Å². The van der Waals surface area contributed by atoms with E-state index in [0.29, 0.717) is 0 Å². The summed E-state index contributed by atoms with van der Waals surface area (Å²) in [7, 11) is 0. The predicted octanol–water partition coefficient (Wildman–Crippen LogP) is 2.98. The number of piperidine rings is 1. The minimum Gasteiger partial charge on any atom is -0.475 e. The minimum absolute atomic E-state index is 0.0599. The van der Waals surface area contributed by atoms with Gasteiger partial charge in [0, 0.05) is 19.2 Å². The van der Waals surface area contributed by atoms with Crippen molar-refractivity contribution in [3.05, 3.63) is 53.9 Å². The van der Waals surface area contributed by atoms with Crippen LogP contribution in [0.25, 0.3) is 6.08 Å². The summed E-state index contributed by atoms with van der Waals surface area (Å²) in [4.78, 5) is 23.1. The molecule has 0 unspecified atom stereocenters. The topological polar surface area (TPSA) is 114 Å². The molecule has 2 heterocycles. The molecule has 174 valence electrons. The summed E-state index contributed by atoms with van der Waals surface area (Å²) in [6.45, 7) is 5.29. The molecule has 8 nitrogen and oxygen atoms in total. The number of nitrogens with two attached hydrogens (primary N) is 1. The van der Waals surface area contributed by atoms with Crippen LogP contribution in [0.2, 0.25) is 0 Å². The Hall–Kier alpha value is -3.21. The van der Waals surface area contributed by atoms with Crippen molar-refractivity contribution in [2.24, 2.45) is 5.73 Å². The van der Waals surface area contributed by atoms with Crippen molar-refractivity contribution in [1.29, 1.82) is 0 Å². The summed E-state index contributed by atoms with van der Waals surface area (Å²) in [5, 5.41) is 15.5. The van der Waals surface area contributed by atoms with Crippen LogP contribution >= 0.6 is 0 Å². The number of aliphatic carboxylic acids is 1. The second kappa shape index (κ2) is 10.4. The van der Waals surface area contributed by atoms with E-state index in [4.69, 9.17) is 15.6 Å². The number of carboxylic acids is 1. The van der Waals surface area contributed by atoms with Gasteiger partial charge in [-0.3, -0.25) is 4.79 Å². The zero-order valence-corrected chi connectivity index (χ0v) is 17.8. The van der Waals surface area contributed by atoms with Gasteiger partial charge in [-0.15, -0.1) is 5.10 Å². The molecule has 0 radical (unpaired) electrons. The Morgan fingerprint density at radius 3 is 2.19 bits per heavy atom. The van der Waals surface area contributed by atoms with Crippen molar-refractivity contribution in [2.75, 3.05) is 13.1 Å². The van der Waals surface area contributed by atoms with E-state index in [1.54, 1.807) is 6.08 Å². The van der Waals surface area contributed by atoms with E-state index in [1.165, 1.54) is 0 Å². The van der Waals surface area contributed by atoms with Gasteiger partial charge < -0.3 is 15.7 Å². The van der Waals surface area contributed by atoms with Gasteiger partial charge in [-0.05, 0) is 38.3 Å². The van der Waals surface area contributed by atoms with E-state index in [1.807, 2.05) is 66.0 Å². The molecule has 0 aliphatic carbocycles. The van der Waals surface area contributed by atoms with Crippen LogP contribution in [0.15, 0.2) is 42.6 Å². The Bertz CT molecular complexity index is 928. The molecule has 0 atom stereocenters. The Balaban J connectivity index is 0.000000451. The largest absolute Gasteiger partial charge is 0.490 e. The number of hydrogen-bond donors (Lipinski definition) is 2. The molecular weight excluding hydrogens is 427 g/mol. The maximum absolute atomic E-state index is 12.3. The molecule has 1 aliphatic heterocycles. The van der Waals surface area contributed by atoms with Crippen molar-refractivity contribution in [3.63, 3.8) is 0 Å². The number of carbonyl (C=O) groups is 2. The van der Waals surface area contributed by atoms with Crippen LogP contribution in [-0.4, -0.2) is 56.1 Å². The minimum atomic E-state index is -5.08. The number of rotatable bonds is 4. The van der Waals surface area contributed by atoms with Crippen molar-refractivity contribution < 1.29 is 27.9 Å². The van der Waals surface area contributed by atoms with E-state index in [-0.39, 0.29) is 11.9 Å². The number of amides is 1. The van der Waals surface area contributed by atoms with E-state index in [9.17, 15) is 18.0 Å². The zero-order chi connectivity index (χ0) is 23.9. The number of hydrogen-bond acceptors (Lipinski definition) is 5.